The molecule has 13 heteroatoms. The fourth-order valence-corrected chi connectivity index (χ4v) is 5.34. The molecule has 2 aliphatic heterocycles. The van der Waals surface area contributed by atoms with Crippen LogP contribution in [0.4, 0.5) is 33.9 Å². The number of hydrogen-bond donors (Lipinski definition) is 2. The summed E-state index contributed by atoms with van der Waals surface area (Å²) in [4.78, 5) is 26.9. The minimum Gasteiger partial charge on any atom is -0.436 e. The number of piperidine rings is 1. The highest BCUT2D eigenvalue weighted by Crippen LogP contribution is 2.53. The largest absolute Gasteiger partial charge is 0.436 e. The maximum atomic E-state index is 15.1. The number of aromatic nitrogens is 2. The van der Waals surface area contributed by atoms with E-state index in [-0.39, 0.29) is 41.3 Å². The number of halogens is 5. The highest BCUT2D eigenvalue weighted by molar-refractivity contribution is 6.31. The fourth-order valence-electron chi connectivity index (χ4n) is 5.18. The molecule has 1 aliphatic carbocycles. The number of carbonyl (C=O) groups is 2. The molecular weight excluding hydrogens is 494 g/mol. The van der Waals surface area contributed by atoms with E-state index < -0.39 is 46.9 Å². The van der Waals surface area contributed by atoms with E-state index in [1.54, 1.807) is 0 Å². The molecule has 0 bridgehead atoms. The standard InChI is InChI=1S/C22H22ClF4N5O3/c1-20(11-3-4-11,22(25,26)27)32-17(28)12(9-29-32)18(33)31-8-2-7-21(10-31)15-14(30-19(34)35-21)6-5-13(23)16(15)24/h5-6,9,11H,2-4,7-8,10,28H2,1H3,(H,30,34)/t20-,21+/m1/s1. The van der Waals surface area contributed by atoms with Crippen molar-refractivity contribution in [2.45, 2.75) is 49.9 Å². The fraction of sp³-hybridized carbons (Fsp3) is 0.500. The molecule has 0 unspecified atom stereocenters. The van der Waals surface area contributed by atoms with E-state index in [0.717, 1.165) is 13.1 Å². The van der Waals surface area contributed by atoms with Crippen molar-refractivity contribution in [3.8, 4) is 0 Å². The van der Waals surface area contributed by atoms with E-state index in [9.17, 15) is 22.8 Å². The number of nitrogens with one attached hydrogen (secondary N) is 1. The number of rotatable bonds is 3. The first-order valence-electron chi connectivity index (χ1n) is 11.1. The van der Waals surface area contributed by atoms with E-state index in [1.165, 1.54) is 17.0 Å². The number of alkyl halides is 3. The van der Waals surface area contributed by atoms with Gasteiger partial charge in [-0.15, -0.1) is 0 Å². The molecule has 1 saturated heterocycles. The van der Waals surface area contributed by atoms with Gasteiger partial charge in [0, 0.05) is 6.54 Å². The molecular formula is C22H22ClF4N5O3. The number of nitrogen functional groups attached to an aromatic ring is 1. The molecule has 1 aromatic heterocycles. The Morgan fingerprint density at radius 3 is 2.71 bits per heavy atom. The van der Waals surface area contributed by atoms with Crippen LogP contribution < -0.4 is 11.1 Å². The molecule has 1 saturated carbocycles. The Hall–Kier alpha value is -3.02. The number of hydrogen-bond acceptors (Lipinski definition) is 5. The molecule has 8 nitrogen and oxygen atoms in total. The van der Waals surface area contributed by atoms with E-state index in [1.807, 2.05) is 0 Å². The Morgan fingerprint density at radius 1 is 1.34 bits per heavy atom. The molecule has 1 aromatic carbocycles. The third-order valence-electron chi connectivity index (χ3n) is 7.24. The van der Waals surface area contributed by atoms with Crippen LogP contribution in [0.5, 0.6) is 0 Å². The van der Waals surface area contributed by atoms with Gasteiger partial charge in [0.2, 0.25) is 0 Å². The molecule has 35 heavy (non-hydrogen) atoms. The van der Waals surface area contributed by atoms with Crippen LogP contribution in [0, 0.1) is 11.7 Å². The molecule has 1 spiro atoms. The second kappa shape index (κ2) is 7.74. The number of ether oxygens (including phenoxy) is 1. The van der Waals surface area contributed by atoms with Crippen LogP contribution in [0.3, 0.4) is 0 Å². The summed E-state index contributed by atoms with van der Waals surface area (Å²) in [5.41, 5.74) is 2.18. The Balaban J connectivity index is 1.50. The average Bonchev–Trinajstić information content (AvgIpc) is 3.57. The second-order valence-corrected chi connectivity index (χ2v) is 9.81. The van der Waals surface area contributed by atoms with E-state index in [0.29, 0.717) is 23.9 Å². The van der Waals surface area contributed by atoms with Crippen molar-refractivity contribution in [2.24, 2.45) is 5.92 Å². The zero-order valence-electron chi connectivity index (χ0n) is 18.6. The molecule has 188 valence electrons. The lowest BCUT2D eigenvalue weighted by Crippen LogP contribution is -2.53. The van der Waals surface area contributed by atoms with Gasteiger partial charge in [-0.2, -0.15) is 18.3 Å². The first-order chi connectivity index (χ1) is 16.4. The summed E-state index contributed by atoms with van der Waals surface area (Å²) in [6.45, 7) is 0.996. The summed E-state index contributed by atoms with van der Waals surface area (Å²) >= 11 is 5.97. The maximum Gasteiger partial charge on any atom is 0.413 e. The monoisotopic (exact) mass is 515 g/mol. The van der Waals surface area contributed by atoms with E-state index in [4.69, 9.17) is 22.1 Å². The highest BCUT2D eigenvalue weighted by atomic mass is 35.5. The summed E-state index contributed by atoms with van der Waals surface area (Å²) in [6, 6.07) is 2.74. The highest BCUT2D eigenvalue weighted by Gasteiger charge is 2.62. The molecule has 3 aliphatic rings. The maximum absolute atomic E-state index is 15.1. The first-order valence-corrected chi connectivity index (χ1v) is 11.5. The van der Waals surface area contributed by atoms with Gasteiger partial charge in [0.15, 0.2) is 17.0 Å². The lowest BCUT2D eigenvalue weighted by Gasteiger charge is -2.45. The number of benzene rings is 1. The van der Waals surface area contributed by atoms with Crippen molar-refractivity contribution in [1.82, 2.24) is 14.7 Å². The zero-order chi connectivity index (χ0) is 25.3. The smallest absolute Gasteiger partial charge is 0.413 e. The van der Waals surface area contributed by atoms with Gasteiger partial charge in [-0.05, 0) is 50.7 Å². The summed E-state index contributed by atoms with van der Waals surface area (Å²) in [5.74, 6) is -2.56. The van der Waals surface area contributed by atoms with E-state index >= 15 is 4.39 Å². The number of amides is 2. The SMILES string of the molecule is C[C@](C1CC1)(n1ncc(C(=O)N2CCC[C@@]3(C2)OC(=O)Nc2ccc(Cl)c(F)c23)c1N)C(F)(F)F. The molecule has 2 fully saturated rings. The molecule has 3 heterocycles. The minimum atomic E-state index is -4.63. The number of carbonyl (C=O) groups excluding carboxylic acids is 2. The predicted octanol–water partition coefficient (Wildman–Crippen LogP) is 4.64. The van der Waals surface area contributed by atoms with Crippen LogP contribution in [0.15, 0.2) is 18.3 Å². The van der Waals surface area contributed by atoms with Crippen molar-refractivity contribution >= 4 is 35.1 Å². The number of fused-ring (bicyclic) bond motifs is 2. The molecule has 2 aromatic rings. The predicted molar refractivity (Wildman–Crippen MR) is 117 cm³/mol. The second-order valence-electron chi connectivity index (χ2n) is 9.40. The number of nitrogens with zero attached hydrogens (tertiary/aromatic N) is 3. The van der Waals surface area contributed by atoms with Gasteiger partial charge in [-0.25, -0.2) is 13.9 Å². The third-order valence-corrected chi connectivity index (χ3v) is 7.53. The van der Waals surface area contributed by atoms with Crippen LogP contribution in [-0.2, 0) is 15.9 Å². The Labute approximate surface area is 202 Å². The Morgan fingerprint density at radius 2 is 2.06 bits per heavy atom. The van der Waals surface area contributed by atoms with Crippen LogP contribution in [0.2, 0.25) is 5.02 Å². The zero-order valence-corrected chi connectivity index (χ0v) is 19.3. The third kappa shape index (κ3) is 3.52. The first kappa shape index (κ1) is 23.7. The van der Waals surface area contributed by atoms with Crippen molar-refractivity contribution in [3.63, 3.8) is 0 Å². The average molecular weight is 516 g/mol. The van der Waals surface area contributed by atoms with Crippen molar-refractivity contribution < 1.29 is 31.9 Å². The van der Waals surface area contributed by atoms with Crippen molar-refractivity contribution in [1.29, 1.82) is 0 Å². The van der Waals surface area contributed by atoms with Crippen LogP contribution in [0.1, 0.15) is 48.5 Å². The van der Waals surface area contributed by atoms with Crippen LogP contribution in [0.25, 0.3) is 0 Å². The van der Waals surface area contributed by atoms with Gasteiger partial charge in [-0.1, -0.05) is 11.6 Å². The van der Waals surface area contributed by atoms with Gasteiger partial charge < -0.3 is 15.4 Å². The minimum absolute atomic E-state index is 0.0177. The van der Waals surface area contributed by atoms with Crippen LogP contribution in [-0.4, -0.2) is 45.9 Å². The normalized spacial score (nSPS) is 23.9. The van der Waals surface area contributed by atoms with Crippen molar-refractivity contribution in [3.05, 3.63) is 40.3 Å². The molecule has 2 atom stereocenters. The van der Waals surface area contributed by atoms with Gasteiger partial charge in [-0.3, -0.25) is 10.1 Å². The molecule has 0 radical (unpaired) electrons. The summed E-state index contributed by atoms with van der Waals surface area (Å²) in [7, 11) is 0. The van der Waals surface area contributed by atoms with Gasteiger partial charge in [0.1, 0.15) is 11.4 Å². The van der Waals surface area contributed by atoms with Crippen LogP contribution >= 0.6 is 11.6 Å². The van der Waals surface area contributed by atoms with Crippen molar-refractivity contribution in [2.75, 3.05) is 24.1 Å². The summed E-state index contributed by atoms with van der Waals surface area (Å²) in [6.07, 6.45) is -3.12. The topological polar surface area (TPSA) is 102 Å². The Kier molecular flexibility index (Phi) is 5.24. The summed E-state index contributed by atoms with van der Waals surface area (Å²) < 4.78 is 63.3. The van der Waals surface area contributed by atoms with Gasteiger partial charge >= 0.3 is 12.3 Å². The van der Waals surface area contributed by atoms with Gasteiger partial charge in [0.25, 0.3) is 5.91 Å². The molecule has 3 N–H and O–H groups in total. The molecule has 2 amide bonds. The van der Waals surface area contributed by atoms with Gasteiger partial charge in [0.05, 0.1) is 29.0 Å². The molecule has 5 rings (SSSR count). The number of likely N-dealkylation sites (tertiary alicyclic amines) is 1. The Bertz CT molecular complexity index is 1230. The quantitative estimate of drug-likeness (QED) is 0.580. The lowest BCUT2D eigenvalue weighted by molar-refractivity contribution is -0.219. The number of anilines is 2. The number of nitrogens with two attached hydrogens (primary N) is 1. The lowest BCUT2D eigenvalue weighted by atomic mass is 9.83. The van der Waals surface area contributed by atoms with E-state index in [2.05, 4.69) is 10.4 Å². The summed E-state index contributed by atoms with van der Waals surface area (Å²) in [5, 5.41) is 6.11.